The molecule has 6 heteroatoms. The van der Waals surface area contributed by atoms with E-state index in [1.807, 2.05) is 6.07 Å². The van der Waals surface area contributed by atoms with Gasteiger partial charge in [-0.15, -0.1) is 11.3 Å². The highest BCUT2D eigenvalue weighted by Gasteiger charge is 2.20. The molecular weight excluding hydrogens is 287 g/mol. The van der Waals surface area contributed by atoms with Gasteiger partial charge in [0.25, 0.3) is 0 Å². The minimum Gasteiger partial charge on any atom is -0.381 e. The molecule has 0 aliphatic heterocycles. The molecule has 0 fully saturated rings. The molecule has 0 saturated carbocycles. The van der Waals surface area contributed by atoms with E-state index in [-0.39, 0.29) is 5.82 Å². The van der Waals surface area contributed by atoms with Gasteiger partial charge in [-0.05, 0) is 23.6 Å². The van der Waals surface area contributed by atoms with E-state index >= 15 is 0 Å². The van der Waals surface area contributed by atoms with Crippen molar-refractivity contribution in [2.45, 2.75) is 6.10 Å². The van der Waals surface area contributed by atoms with E-state index in [1.54, 1.807) is 13.1 Å². The summed E-state index contributed by atoms with van der Waals surface area (Å²) in [7, 11) is 1.72. The first-order valence-corrected chi connectivity index (χ1v) is 6.80. The van der Waals surface area contributed by atoms with Crippen molar-refractivity contribution in [2.75, 3.05) is 0 Å². The van der Waals surface area contributed by atoms with Crippen LogP contribution in [0.1, 0.15) is 16.7 Å². The third-order valence-electron chi connectivity index (χ3n) is 2.97. The molecule has 0 aliphatic rings. The second kappa shape index (κ2) is 4.59. The van der Waals surface area contributed by atoms with Gasteiger partial charge in [-0.1, -0.05) is 17.7 Å². The van der Waals surface area contributed by atoms with Gasteiger partial charge in [-0.2, -0.15) is 5.10 Å². The minimum atomic E-state index is -0.861. The summed E-state index contributed by atoms with van der Waals surface area (Å²) >= 11 is 7.36. The molecule has 0 spiro atoms. The van der Waals surface area contributed by atoms with E-state index in [0.717, 1.165) is 10.1 Å². The van der Waals surface area contributed by atoms with Crippen molar-refractivity contribution in [2.24, 2.45) is 7.05 Å². The zero-order chi connectivity index (χ0) is 13.6. The van der Waals surface area contributed by atoms with E-state index < -0.39 is 6.10 Å². The lowest BCUT2D eigenvalue weighted by Crippen LogP contribution is -2.05. The van der Waals surface area contributed by atoms with E-state index in [9.17, 15) is 9.50 Å². The van der Waals surface area contributed by atoms with Crippen LogP contribution in [0.5, 0.6) is 0 Å². The smallest absolute Gasteiger partial charge is 0.131 e. The van der Waals surface area contributed by atoms with Crippen LogP contribution >= 0.6 is 22.9 Å². The zero-order valence-corrected chi connectivity index (χ0v) is 11.5. The molecule has 3 aromatic rings. The Morgan fingerprint density at radius 1 is 1.42 bits per heavy atom. The van der Waals surface area contributed by atoms with Crippen molar-refractivity contribution in [3.8, 4) is 0 Å². The van der Waals surface area contributed by atoms with Crippen LogP contribution < -0.4 is 0 Å². The molecule has 2 aromatic heterocycles. The van der Waals surface area contributed by atoms with Crippen molar-refractivity contribution in [3.63, 3.8) is 0 Å². The quantitative estimate of drug-likeness (QED) is 0.786. The summed E-state index contributed by atoms with van der Waals surface area (Å²) in [5, 5.41) is 15.7. The molecule has 1 aromatic carbocycles. The summed E-state index contributed by atoms with van der Waals surface area (Å²) in [5.74, 6) is -0.283. The van der Waals surface area contributed by atoms with Crippen LogP contribution in [0, 0.1) is 5.82 Å². The number of benzene rings is 1. The number of thiophene rings is 1. The van der Waals surface area contributed by atoms with Crippen LogP contribution in [-0.4, -0.2) is 14.9 Å². The monoisotopic (exact) mass is 296 g/mol. The fourth-order valence-electron chi connectivity index (χ4n) is 2.02. The third-order valence-corrected chi connectivity index (χ3v) is 4.41. The molecule has 98 valence electrons. The van der Waals surface area contributed by atoms with Crippen molar-refractivity contribution in [1.29, 1.82) is 0 Å². The number of hydrogen-bond acceptors (Lipinski definition) is 3. The Bertz CT molecular complexity index is 733. The maximum absolute atomic E-state index is 13.2. The zero-order valence-electron chi connectivity index (χ0n) is 9.97. The molecule has 3 rings (SSSR count). The Labute approximate surface area is 117 Å². The first kappa shape index (κ1) is 12.6. The predicted molar refractivity (Wildman–Crippen MR) is 74.1 cm³/mol. The summed E-state index contributed by atoms with van der Waals surface area (Å²) in [4.78, 5) is 0.714. The van der Waals surface area contributed by atoms with Crippen LogP contribution in [0.2, 0.25) is 5.02 Å². The molecule has 0 saturated heterocycles. The van der Waals surface area contributed by atoms with Crippen molar-refractivity contribution in [1.82, 2.24) is 9.78 Å². The molecule has 3 nitrogen and oxygen atoms in total. The topological polar surface area (TPSA) is 38.0 Å². The van der Waals surface area contributed by atoms with Gasteiger partial charge >= 0.3 is 0 Å². The lowest BCUT2D eigenvalue weighted by atomic mass is 10.2. The standard InChI is InChI=1S/C13H10ClFN2OS/c1-17-12(9(14)6-16-17)13(18)11-4-7-2-3-8(15)5-10(7)19-11/h2-6,13,18H,1H3. The predicted octanol–water partition coefficient (Wildman–Crippen LogP) is 3.51. The number of nitrogens with zero attached hydrogens (tertiary/aromatic N) is 2. The number of aryl methyl sites for hydroxylation is 1. The van der Waals surface area contributed by atoms with Crippen LogP contribution in [0.25, 0.3) is 10.1 Å². The molecule has 1 unspecified atom stereocenters. The van der Waals surface area contributed by atoms with Crippen molar-refractivity contribution < 1.29 is 9.50 Å². The Morgan fingerprint density at radius 2 is 2.21 bits per heavy atom. The molecule has 1 atom stereocenters. The lowest BCUT2D eigenvalue weighted by Gasteiger charge is -2.09. The molecule has 0 aliphatic carbocycles. The number of aliphatic hydroxyl groups is 1. The largest absolute Gasteiger partial charge is 0.381 e. The Balaban J connectivity index is 2.09. The van der Waals surface area contributed by atoms with Gasteiger partial charge < -0.3 is 5.11 Å². The van der Waals surface area contributed by atoms with Crippen molar-refractivity contribution >= 4 is 33.0 Å². The highest BCUT2D eigenvalue weighted by atomic mass is 35.5. The summed E-state index contributed by atoms with van der Waals surface area (Å²) in [5.41, 5.74) is 0.536. The van der Waals surface area contributed by atoms with Gasteiger partial charge in [-0.3, -0.25) is 4.68 Å². The minimum absolute atomic E-state index is 0.283. The summed E-state index contributed by atoms with van der Waals surface area (Å²) in [6.07, 6.45) is 0.632. The maximum Gasteiger partial charge on any atom is 0.131 e. The Kier molecular flexibility index (Phi) is 3.05. The Morgan fingerprint density at radius 3 is 2.89 bits per heavy atom. The number of aliphatic hydroxyl groups excluding tert-OH is 1. The van der Waals surface area contributed by atoms with Gasteiger partial charge in [0.15, 0.2) is 0 Å². The fraction of sp³-hybridized carbons (Fsp3) is 0.154. The van der Waals surface area contributed by atoms with Crippen LogP contribution in [-0.2, 0) is 7.05 Å². The molecular formula is C13H10ClFN2OS. The van der Waals surface area contributed by atoms with E-state index in [1.165, 1.54) is 34.3 Å². The third kappa shape index (κ3) is 2.14. The SMILES string of the molecule is Cn1ncc(Cl)c1C(O)c1cc2ccc(F)cc2s1. The number of fused-ring (bicyclic) bond motifs is 1. The number of rotatable bonds is 2. The van der Waals surface area contributed by atoms with Gasteiger partial charge in [0, 0.05) is 16.6 Å². The summed E-state index contributed by atoms with van der Waals surface area (Å²) in [6.45, 7) is 0. The molecule has 1 N–H and O–H groups in total. The van der Waals surface area contributed by atoms with Gasteiger partial charge in [0.1, 0.15) is 11.9 Å². The number of aromatic nitrogens is 2. The molecule has 0 radical (unpaired) electrons. The van der Waals surface area contributed by atoms with Crippen LogP contribution in [0.15, 0.2) is 30.5 Å². The second-order valence-corrected chi connectivity index (χ2v) is 5.76. The van der Waals surface area contributed by atoms with Gasteiger partial charge in [0.05, 0.1) is 16.9 Å². The number of halogens is 2. The van der Waals surface area contributed by atoms with E-state index in [0.29, 0.717) is 15.6 Å². The first-order chi connectivity index (χ1) is 9.06. The molecule has 0 bridgehead atoms. The normalized spacial score (nSPS) is 13.1. The van der Waals surface area contributed by atoms with Gasteiger partial charge in [0.2, 0.25) is 0 Å². The summed E-state index contributed by atoms with van der Waals surface area (Å²) in [6, 6.07) is 6.40. The molecule has 19 heavy (non-hydrogen) atoms. The lowest BCUT2D eigenvalue weighted by molar-refractivity contribution is 0.213. The summed E-state index contributed by atoms with van der Waals surface area (Å²) < 4.78 is 15.5. The second-order valence-electron chi connectivity index (χ2n) is 4.23. The average molecular weight is 297 g/mol. The Hall–Kier alpha value is -1.43. The van der Waals surface area contributed by atoms with E-state index in [2.05, 4.69) is 5.10 Å². The first-order valence-electron chi connectivity index (χ1n) is 5.60. The van der Waals surface area contributed by atoms with Gasteiger partial charge in [-0.25, -0.2) is 4.39 Å². The number of hydrogen-bond donors (Lipinski definition) is 1. The highest BCUT2D eigenvalue weighted by molar-refractivity contribution is 7.19. The van der Waals surface area contributed by atoms with Crippen LogP contribution in [0.4, 0.5) is 4.39 Å². The maximum atomic E-state index is 13.2. The van der Waals surface area contributed by atoms with Crippen molar-refractivity contribution in [3.05, 3.63) is 51.9 Å². The fourth-order valence-corrected chi connectivity index (χ4v) is 3.37. The highest BCUT2D eigenvalue weighted by Crippen LogP contribution is 2.35. The van der Waals surface area contributed by atoms with Crippen LogP contribution in [0.3, 0.4) is 0 Å². The molecule has 0 amide bonds. The average Bonchev–Trinajstić information content (AvgIpc) is 2.92. The molecule has 2 heterocycles. The van der Waals surface area contributed by atoms with E-state index in [4.69, 9.17) is 11.6 Å².